The Hall–Kier alpha value is -1.77. The molecule has 0 aliphatic carbocycles. The minimum absolute atomic E-state index is 0.381. The number of methoxy groups -OCH3 is 1. The molecule has 0 fully saturated rings. The van der Waals surface area contributed by atoms with E-state index in [0.29, 0.717) is 30.1 Å². The molecule has 5 heteroatoms. The normalized spacial score (nSPS) is 12.0. The molecule has 0 saturated carbocycles. The van der Waals surface area contributed by atoms with E-state index in [1.54, 1.807) is 25.3 Å². The van der Waals surface area contributed by atoms with Crippen LogP contribution in [0.3, 0.4) is 0 Å². The first-order valence-electron chi connectivity index (χ1n) is 6.87. The lowest BCUT2D eigenvalue weighted by atomic mass is 10.1. The zero-order valence-electron chi connectivity index (χ0n) is 12.4. The van der Waals surface area contributed by atoms with E-state index in [-0.39, 0.29) is 0 Å². The molecule has 20 heavy (non-hydrogen) atoms. The van der Waals surface area contributed by atoms with Crippen LogP contribution in [0.15, 0.2) is 18.2 Å². The average molecular weight is 277 g/mol. The maximum absolute atomic E-state index is 10.0. The number of hydrogen-bond donors (Lipinski definition) is 2. The largest absolute Gasteiger partial charge is 0.495 e. The van der Waals surface area contributed by atoms with E-state index in [1.165, 1.54) is 0 Å². The van der Waals surface area contributed by atoms with Crippen molar-refractivity contribution in [2.24, 2.45) is 0 Å². The molecule has 110 valence electrons. The molecular weight excluding hydrogens is 254 g/mol. The summed E-state index contributed by atoms with van der Waals surface area (Å²) in [5.41, 5.74) is 1.15. The van der Waals surface area contributed by atoms with Crippen molar-refractivity contribution in [1.29, 1.82) is 5.26 Å². The van der Waals surface area contributed by atoms with Gasteiger partial charge in [-0.25, -0.2) is 0 Å². The number of ether oxygens (including phenoxy) is 1. The van der Waals surface area contributed by atoms with Crippen molar-refractivity contribution in [3.63, 3.8) is 0 Å². The van der Waals surface area contributed by atoms with Gasteiger partial charge in [-0.05, 0) is 25.2 Å². The highest BCUT2D eigenvalue weighted by molar-refractivity contribution is 5.66. The molecule has 1 unspecified atom stereocenters. The van der Waals surface area contributed by atoms with Crippen LogP contribution in [0.25, 0.3) is 0 Å². The molecule has 5 nitrogen and oxygen atoms in total. The number of nitrogens with one attached hydrogen (secondary N) is 1. The second kappa shape index (κ2) is 8.41. The Morgan fingerprint density at radius 3 is 2.65 bits per heavy atom. The van der Waals surface area contributed by atoms with Crippen molar-refractivity contribution in [2.75, 3.05) is 38.6 Å². The Kier molecular flexibility index (Phi) is 6.85. The topological polar surface area (TPSA) is 68.5 Å². The Morgan fingerprint density at radius 1 is 1.40 bits per heavy atom. The van der Waals surface area contributed by atoms with Crippen LogP contribution in [0.5, 0.6) is 5.75 Å². The molecule has 0 amide bonds. The predicted octanol–water partition coefficient (Wildman–Crippen LogP) is 1.68. The van der Waals surface area contributed by atoms with Crippen molar-refractivity contribution >= 4 is 5.69 Å². The number of likely N-dealkylation sites (N-methyl/N-ethyl adjacent to an activating group) is 1. The van der Waals surface area contributed by atoms with Crippen LogP contribution in [-0.4, -0.2) is 49.4 Å². The summed E-state index contributed by atoms with van der Waals surface area (Å²) in [7, 11) is 1.56. The third kappa shape index (κ3) is 4.41. The third-order valence-electron chi connectivity index (χ3n) is 3.24. The first kappa shape index (κ1) is 16.3. The van der Waals surface area contributed by atoms with Gasteiger partial charge in [0.05, 0.1) is 24.5 Å². The van der Waals surface area contributed by atoms with E-state index >= 15 is 0 Å². The monoisotopic (exact) mass is 277 g/mol. The summed E-state index contributed by atoms with van der Waals surface area (Å²) in [5, 5.41) is 22.3. The van der Waals surface area contributed by atoms with Gasteiger partial charge in [-0.1, -0.05) is 19.9 Å². The lowest BCUT2D eigenvalue weighted by Gasteiger charge is -2.22. The first-order chi connectivity index (χ1) is 9.65. The predicted molar refractivity (Wildman–Crippen MR) is 80.0 cm³/mol. The van der Waals surface area contributed by atoms with Crippen LogP contribution in [0.4, 0.5) is 5.69 Å². The van der Waals surface area contributed by atoms with Crippen LogP contribution < -0.4 is 10.1 Å². The number of rotatable bonds is 8. The maximum Gasteiger partial charge on any atom is 0.143 e. The van der Waals surface area contributed by atoms with Gasteiger partial charge in [0.25, 0.3) is 0 Å². The number of anilines is 1. The average Bonchev–Trinajstić information content (AvgIpc) is 2.49. The summed E-state index contributed by atoms with van der Waals surface area (Å²) in [5.74, 6) is 0.610. The van der Waals surface area contributed by atoms with Crippen molar-refractivity contribution in [3.05, 3.63) is 23.8 Å². The molecule has 0 aliphatic heterocycles. The summed E-state index contributed by atoms with van der Waals surface area (Å²) in [4.78, 5) is 2.15. The molecule has 1 atom stereocenters. The highest BCUT2D eigenvalue weighted by Gasteiger charge is 2.12. The van der Waals surface area contributed by atoms with E-state index in [4.69, 9.17) is 10.00 Å². The Labute approximate surface area is 120 Å². The van der Waals surface area contributed by atoms with Crippen molar-refractivity contribution in [1.82, 2.24) is 4.90 Å². The van der Waals surface area contributed by atoms with Gasteiger partial charge in [0.1, 0.15) is 11.8 Å². The highest BCUT2D eigenvalue weighted by atomic mass is 16.5. The Balaban J connectivity index is 2.68. The second-order valence-corrected chi connectivity index (χ2v) is 4.52. The summed E-state index contributed by atoms with van der Waals surface area (Å²) in [6, 6.07) is 7.41. The molecule has 1 aromatic carbocycles. The third-order valence-corrected chi connectivity index (χ3v) is 3.24. The molecule has 0 radical (unpaired) electrons. The Morgan fingerprint density at radius 2 is 2.10 bits per heavy atom. The van der Waals surface area contributed by atoms with Crippen molar-refractivity contribution in [2.45, 2.75) is 20.0 Å². The van der Waals surface area contributed by atoms with Crippen LogP contribution in [0.1, 0.15) is 19.4 Å². The number of para-hydroxylation sites is 1. The standard InChI is InChI=1S/C15H23N3O2/c1-4-18(5-2)11-13(19)10-17-15-12(9-16)7-6-8-14(15)20-3/h6-8,13,17,19H,4-5,10-11H2,1-3H3. The van der Waals surface area contributed by atoms with E-state index in [1.807, 2.05) is 0 Å². The van der Waals surface area contributed by atoms with Gasteiger partial charge in [0.15, 0.2) is 0 Å². The van der Waals surface area contributed by atoms with Gasteiger partial charge in [0.2, 0.25) is 0 Å². The SMILES string of the molecule is CCN(CC)CC(O)CNc1c(C#N)cccc1OC. The van der Waals surface area contributed by atoms with E-state index in [9.17, 15) is 5.11 Å². The second-order valence-electron chi connectivity index (χ2n) is 4.52. The molecule has 1 rings (SSSR count). The minimum Gasteiger partial charge on any atom is -0.495 e. The van der Waals surface area contributed by atoms with Crippen LogP contribution in [0.2, 0.25) is 0 Å². The fraction of sp³-hybridized carbons (Fsp3) is 0.533. The molecule has 0 bridgehead atoms. The molecule has 0 aromatic heterocycles. The molecule has 0 spiro atoms. The lowest BCUT2D eigenvalue weighted by Crippen LogP contribution is -2.36. The molecule has 0 aliphatic rings. The number of aliphatic hydroxyl groups excluding tert-OH is 1. The van der Waals surface area contributed by atoms with Gasteiger partial charge in [-0.15, -0.1) is 0 Å². The number of nitrogens with zero attached hydrogens (tertiary/aromatic N) is 2. The van der Waals surface area contributed by atoms with Gasteiger partial charge in [-0.2, -0.15) is 5.26 Å². The summed E-state index contributed by atoms with van der Waals surface area (Å²) >= 11 is 0. The van der Waals surface area contributed by atoms with Crippen molar-refractivity contribution in [3.8, 4) is 11.8 Å². The fourth-order valence-electron chi connectivity index (χ4n) is 2.04. The van der Waals surface area contributed by atoms with E-state index in [0.717, 1.165) is 13.1 Å². The van der Waals surface area contributed by atoms with E-state index in [2.05, 4.69) is 30.1 Å². The quantitative estimate of drug-likeness (QED) is 0.756. The molecule has 0 heterocycles. The molecule has 0 saturated heterocycles. The highest BCUT2D eigenvalue weighted by Crippen LogP contribution is 2.27. The van der Waals surface area contributed by atoms with Crippen molar-refractivity contribution < 1.29 is 9.84 Å². The summed E-state index contributed by atoms with van der Waals surface area (Å²) < 4.78 is 5.24. The number of benzene rings is 1. The van der Waals surface area contributed by atoms with Crippen LogP contribution in [0, 0.1) is 11.3 Å². The van der Waals surface area contributed by atoms with E-state index < -0.39 is 6.10 Å². The maximum atomic E-state index is 10.0. The smallest absolute Gasteiger partial charge is 0.143 e. The van der Waals surface area contributed by atoms with Gasteiger partial charge in [0, 0.05) is 13.1 Å². The van der Waals surface area contributed by atoms with Gasteiger partial charge < -0.3 is 20.1 Å². The minimum atomic E-state index is -0.494. The van der Waals surface area contributed by atoms with Gasteiger partial charge in [-0.3, -0.25) is 0 Å². The zero-order valence-corrected chi connectivity index (χ0v) is 12.4. The summed E-state index contributed by atoms with van der Waals surface area (Å²) in [6.07, 6.45) is -0.494. The van der Waals surface area contributed by atoms with Crippen LogP contribution >= 0.6 is 0 Å². The number of hydrogen-bond acceptors (Lipinski definition) is 5. The fourth-order valence-corrected chi connectivity index (χ4v) is 2.04. The molecular formula is C15H23N3O2. The summed E-state index contributed by atoms with van der Waals surface area (Å²) in [6.45, 7) is 6.94. The number of nitriles is 1. The first-order valence-corrected chi connectivity index (χ1v) is 6.87. The lowest BCUT2D eigenvalue weighted by molar-refractivity contribution is 0.128. The molecule has 1 aromatic rings. The molecule has 2 N–H and O–H groups in total. The van der Waals surface area contributed by atoms with Gasteiger partial charge >= 0.3 is 0 Å². The van der Waals surface area contributed by atoms with Crippen LogP contribution in [-0.2, 0) is 0 Å². The number of aliphatic hydroxyl groups is 1. The zero-order chi connectivity index (χ0) is 15.0. The Bertz CT molecular complexity index is 453.